The highest BCUT2D eigenvalue weighted by molar-refractivity contribution is 5.59. The summed E-state index contributed by atoms with van der Waals surface area (Å²) in [5, 5.41) is 8.89. The van der Waals surface area contributed by atoms with Crippen molar-refractivity contribution in [3.8, 4) is 11.5 Å². The Morgan fingerprint density at radius 2 is 1.09 bits per heavy atom. The summed E-state index contributed by atoms with van der Waals surface area (Å²) in [4.78, 5) is 0. The fourth-order valence-electron chi connectivity index (χ4n) is 3.92. The van der Waals surface area contributed by atoms with Gasteiger partial charge in [-0.15, -0.1) is 5.11 Å². The molecule has 0 radical (unpaired) electrons. The summed E-state index contributed by atoms with van der Waals surface area (Å²) >= 11 is 0. The third-order valence-electron chi connectivity index (χ3n) is 5.99. The highest BCUT2D eigenvalue weighted by atomic mass is 16.5. The van der Waals surface area contributed by atoms with Crippen LogP contribution in [0.15, 0.2) is 58.8 Å². The first-order valence-corrected chi connectivity index (χ1v) is 13.7. The molecular formula is C30H46N2O2. The summed E-state index contributed by atoms with van der Waals surface area (Å²) in [7, 11) is 0. The van der Waals surface area contributed by atoms with E-state index >= 15 is 0 Å². The molecule has 4 nitrogen and oxygen atoms in total. The van der Waals surface area contributed by atoms with Gasteiger partial charge in [0.2, 0.25) is 0 Å². The fourth-order valence-corrected chi connectivity index (χ4v) is 3.92. The van der Waals surface area contributed by atoms with Gasteiger partial charge in [-0.05, 0) is 37.1 Å². The summed E-state index contributed by atoms with van der Waals surface area (Å²) in [5.74, 6) is 1.49. The first kappa shape index (κ1) is 27.9. The minimum atomic E-state index is 0.680. The molecule has 0 aliphatic heterocycles. The number of ether oxygens (including phenoxy) is 2. The zero-order chi connectivity index (χ0) is 24.1. The van der Waals surface area contributed by atoms with Crippen molar-refractivity contribution in [2.45, 2.75) is 104 Å². The maximum Gasteiger partial charge on any atom is 0.188 e. The van der Waals surface area contributed by atoms with Gasteiger partial charge in [0.25, 0.3) is 0 Å². The lowest BCUT2D eigenvalue weighted by Gasteiger charge is -2.14. The maximum absolute atomic E-state index is 6.23. The Kier molecular flexibility index (Phi) is 15.6. The number of unbranched alkanes of at least 4 members (excludes halogenated alkanes) is 12. The van der Waals surface area contributed by atoms with Gasteiger partial charge in [0, 0.05) is 0 Å². The van der Waals surface area contributed by atoms with Crippen LogP contribution >= 0.6 is 0 Å². The second-order valence-electron chi connectivity index (χ2n) is 9.08. The molecule has 2 rings (SSSR count). The molecule has 0 aromatic heterocycles. The lowest BCUT2D eigenvalue weighted by molar-refractivity contribution is 0.259. The molecule has 0 saturated heterocycles. The van der Waals surface area contributed by atoms with Gasteiger partial charge >= 0.3 is 0 Å². The number of benzene rings is 2. The standard InChI is InChI=1S/C30H46N2O2/c1-3-5-7-9-11-13-18-25-33-29-24-20-23-28(32-31-27-21-16-15-17-22-27)30(29)34-26-19-14-12-10-8-6-4-2/h15-17,20-24H,3-14,18-19,25-26H2,1-2H3. The van der Waals surface area contributed by atoms with Crippen LogP contribution in [0.2, 0.25) is 0 Å². The Morgan fingerprint density at radius 3 is 1.71 bits per heavy atom. The number of hydrogen-bond donors (Lipinski definition) is 0. The van der Waals surface area contributed by atoms with Crippen molar-refractivity contribution in [1.29, 1.82) is 0 Å². The Labute approximate surface area is 208 Å². The van der Waals surface area contributed by atoms with Gasteiger partial charge in [-0.1, -0.05) is 115 Å². The van der Waals surface area contributed by atoms with Gasteiger partial charge in [0.1, 0.15) is 5.69 Å². The number of azo groups is 1. The number of hydrogen-bond acceptors (Lipinski definition) is 4. The molecule has 2 aromatic carbocycles. The van der Waals surface area contributed by atoms with E-state index < -0.39 is 0 Å². The maximum atomic E-state index is 6.23. The minimum Gasteiger partial charge on any atom is -0.490 e. The summed E-state index contributed by atoms with van der Waals surface area (Å²) < 4.78 is 12.4. The predicted octanol–water partition coefficient (Wildman–Crippen LogP) is 10.4. The van der Waals surface area contributed by atoms with Crippen molar-refractivity contribution in [2.75, 3.05) is 13.2 Å². The van der Waals surface area contributed by atoms with Gasteiger partial charge in [-0.25, -0.2) is 0 Å². The molecular weight excluding hydrogens is 420 g/mol. The molecule has 2 aromatic rings. The summed E-state index contributed by atoms with van der Waals surface area (Å²) in [6.07, 6.45) is 17.7. The number of rotatable bonds is 20. The molecule has 0 unspecified atom stereocenters. The van der Waals surface area contributed by atoms with E-state index in [0.717, 1.165) is 35.7 Å². The normalized spacial score (nSPS) is 11.2. The van der Waals surface area contributed by atoms with E-state index in [1.54, 1.807) is 0 Å². The van der Waals surface area contributed by atoms with Crippen LogP contribution < -0.4 is 9.47 Å². The topological polar surface area (TPSA) is 43.2 Å². The molecule has 0 atom stereocenters. The van der Waals surface area contributed by atoms with Crippen LogP contribution in [0.3, 0.4) is 0 Å². The van der Waals surface area contributed by atoms with Crippen molar-refractivity contribution in [3.05, 3.63) is 48.5 Å². The van der Waals surface area contributed by atoms with E-state index in [1.165, 1.54) is 77.0 Å². The average Bonchev–Trinajstić information content (AvgIpc) is 2.87. The molecule has 0 spiro atoms. The van der Waals surface area contributed by atoms with E-state index in [2.05, 4.69) is 24.1 Å². The zero-order valence-corrected chi connectivity index (χ0v) is 21.6. The highest BCUT2D eigenvalue weighted by Crippen LogP contribution is 2.38. The molecule has 188 valence electrons. The van der Waals surface area contributed by atoms with Crippen LogP contribution in [0.25, 0.3) is 0 Å². The smallest absolute Gasteiger partial charge is 0.188 e. The Bertz CT molecular complexity index is 777. The number of para-hydroxylation sites is 1. The molecule has 0 aliphatic carbocycles. The first-order chi connectivity index (χ1) is 16.8. The van der Waals surface area contributed by atoms with Crippen molar-refractivity contribution >= 4 is 11.4 Å². The molecule has 0 saturated carbocycles. The molecule has 0 fully saturated rings. The van der Waals surface area contributed by atoms with Gasteiger partial charge in [-0.3, -0.25) is 0 Å². The highest BCUT2D eigenvalue weighted by Gasteiger charge is 2.12. The van der Waals surface area contributed by atoms with E-state index in [0.29, 0.717) is 13.2 Å². The minimum absolute atomic E-state index is 0.680. The quantitative estimate of drug-likeness (QED) is 0.144. The molecule has 0 aliphatic rings. The third kappa shape index (κ3) is 12.2. The summed E-state index contributed by atoms with van der Waals surface area (Å²) in [6.45, 7) is 5.91. The SMILES string of the molecule is CCCCCCCCCOc1cccc(N=Nc2ccccc2)c1OCCCCCCCCC. The Balaban J connectivity index is 1.90. The van der Waals surface area contributed by atoms with E-state index in [9.17, 15) is 0 Å². The van der Waals surface area contributed by atoms with Crippen LogP contribution in [0.5, 0.6) is 11.5 Å². The Hall–Kier alpha value is -2.36. The predicted molar refractivity (Wildman–Crippen MR) is 144 cm³/mol. The average molecular weight is 467 g/mol. The zero-order valence-electron chi connectivity index (χ0n) is 21.6. The molecule has 0 heterocycles. The Morgan fingerprint density at radius 1 is 0.529 bits per heavy atom. The van der Waals surface area contributed by atoms with Gasteiger partial charge in [0.05, 0.1) is 18.9 Å². The van der Waals surface area contributed by atoms with Crippen LogP contribution in [-0.2, 0) is 0 Å². The van der Waals surface area contributed by atoms with Crippen LogP contribution in [0, 0.1) is 0 Å². The van der Waals surface area contributed by atoms with E-state index in [-0.39, 0.29) is 0 Å². The van der Waals surface area contributed by atoms with Crippen molar-refractivity contribution < 1.29 is 9.47 Å². The van der Waals surface area contributed by atoms with Gasteiger partial charge in [0.15, 0.2) is 11.5 Å². The fraction of sp³-hybridized carbons (Fsp3) is 0.600. The lowest BCUT2D eigenvalue weighted by Crippen LogP contribution is -2.03. The monoisotopic (exact) mass is 466 g/mol. The van der Waals surface area contributed by atoms with Crippen LogP contribution in [-0.4, -0.2) is 13.2 Å². The number of nitrogens with zero attached hydrogens (tertiary/aromatic N) is 2. The summed E-state index contributed by atoms with van der Waals surface area (Å²) in [6, 6.07) is 15.7. The third-order valence-corrected chi connectivity index (χ3v) is 5.99. The van der Waals surface area contributed by atoms with Gasteiger partial charge in [-0.2, -0.15) is 5.11 Å². The second-order valence-corrected chi connectivity index (χ2v) is 9.08. The van der Waals surface area contributed by atoms with Crippen molar-refractivity contribution in [1.82, 2.24) is 0 Å². The molecule has 0 amide bonds. The van der Waals surface area contributed by atoms with E-state index in [4.69, 9.17) is 9.47 Å². The van der Waals surface area contributed by atoms with E-state index in [1.807, 2.05) is 48.5 Å². The second kappa shape index (κ2) is 19.0. The molecule has 4 heteroatoms. The first-order valence-electron chi connectivity index (χ1n) is 13.7. The van der Waals surface area contributed by atoms with Crippen molar-refractivity contribution in [2.24, 2.45) is 10.2 Å². The van der Waals surface area contributed by atoms with Crippen LogP contribution in [0.4, 0.5) is 11.4 Å². The molecule has 34 heavy (non-hydrogen) atoms. The summed E-state index contributed by atoms with van der Waals surface area (Å²) in [5.41, 5.74) is 1.55. The molecule has 0 bridgehead atoms. The van der Waals surface area contributed by atoms with Crippen molar-refractivity contribution in [3.63, 3.8) is 0 Å². The molecule has 0 N–H and O–H groups in total. The van der Waals surface area contributed by atoms with Gasteiger partial charge < -0.3 is 9.47 Å². The largest absolute Gasteiger partial charge is 0.490 e. The lowest BCUT2D eigenvalue weighted by atomic mass is 10.1. The van der Waals surface area contributed by atoms with Crippen LogP contribution in [0.1, 0.15) is 104 Å².